The van der Waals surface area contributed by atoms with E-state index in [-0.39, 0.29) is 5.41 Å². The second-order valence-electron chi connectivity index (χ2n) is 7.09. The molecular weight excluding hydrogens is 222 g/mol. The molecule has 1 aromatic heterocycles. The van der Waals surface area contributed by atoms with Crippen molar-refractivity contribution in [3.05, 3.63) is 11.5 Å². The van der Waals surface area contributed by atoms with E-state index in [1.807, 2.05) is 0 Å². The third-order valence-electron chi connectivity index (χ3n) is 3.75. The van der Waals surface area contributed by atoms with Crippen molar-refractivity contribution in [1.82, 2.24) is 9.55 Å². The molecule has 0 radical (unpaired) electrons. The van der Waals surface area contributed by atoms with Gasteiger partial charge in [-0.25, -0.2) is 4.98 Å². The highest BCUT2D eigenvalue weighted by molar-refractivity contribution is 5.42. The lowest BCUT2D eigenvalue weighted by Gasteiger charge is -2.24. The van der Waals surface area contributed by atoms with Crippen LogP contribution in [0, 0.1) is 5.92 Å². The first-order chi connectivity index (χ1) is 8.30. The van der Waals surface area contributed by atoms with Crippen LogP contribution < -0.4 is 5.73 Å². The molecule has 1 fully saturated rings. The van der Waals surface area contributed by atoms with Crippen LogP contribution in [-0.4, -0.2) is 9.55 Å². The van der Waals surface area contributed by atoms with Crippen molar-refractivity contribution in [1.29, 1.82) is 0 Å². The molecule has 0 saturated heterocycles. The molecule has 0 aliphatic heterocycles. The predicted octanol–water partition coefficient (Wildman–Crippen LogP) is 3.69. The Kier molecular flexibility index (Phi) is 3.43. The van der Waals surface area contributed by atoms with Gasteiger partial charge in [-0.05, 0) is 18.8 Å². The molecule has 0 aromatic carbocycles. The first-order valence-electron chi connectivity index (χ1n) is 7.17. The van der Waals surface area contributed by atoms with Gasteiger partial charge in [-0.3, -0.25) is 0 Å². The van der Waals surface area contributed by atoms with Gasteiger partial charge in [-0.2, -0.15) is 0 Å². The zero-order chi connectivity index (χ0) is 13.5. The fourth-order valence-corrected chi connectivity index (χ4v) is 2.59. The molecule has 3 heteroatoms. The van der Waals surface area contributed by atoms with Crippen molar-refractivity contribution in [2.24, 2.45) is 5.92 Å². The lowest BCUT2D eigenvalue weighted by Crippen LogP contribution is -2.21. The molecule has 0 bridgehead atoms. The number of imidazole rings is 1. The summed E-state index contributed by atoms with van der Waals surface area (Å²) in [6, 6.07) is 0. The van der Waals surface area contributed by atoms with Gasteiger partial charge in [0.25, 0.3) is 0 Å². The van der Waals surface area contributed by atoms with E-state index in [0.717, 1.165) is 23.9 Å². The Bertz CT molecular complexity index is 420. The fourth-order valence-electron chi connectivity index (χ4n) is 2.59. The summed E-state index contributed by atoms with van der Waals surface area (Å²) in [6.07, 6.45) is 3.84. The van der Waals surface area contributed by atoms with Crippen molar-refractivity contribution < 1.29 is 0 Å². The van der Waals surface area contributed by atoms with E-state index in [0.29, 0.717) is 11.8 Å². The Balaban J connectivity index is 2.43. The van der Waals surface area contributed by atoms with Crippen molar-refractivity contribution in [3.63, 3.8) is 0 Å². The van der Waals surface area contributed by atoms with Gasteiger partial charge in [0, 0.05) is 17.9 Å². The summed E-state index contributed by atoms with van der Waals surface area (Å²) in [5.74, 6) is 3.27. The van der Waals surface area contributed by atoms with Gasteiger partial charge in [0.05, 0.1) is 5.69 Å². The van der Waals surface area contributed by atoms with E-state index in [9.17, 15) is 0 Å². The topological polar surface area (TPSA) is 43.8 Å². The van der Waals surface area contributed by atoms with Crippen LogP contribution >= 0.6 is 0 Å². The first kappa shape index (κ1) is 13.4. The standard InChI is InChI=1S/C15H27N3/c1-10(2)9-18-13(16)12(11-7-6-8-11)17-14(18)15(3,4)5/h10-11H,6-9,16H2,1-5H3. The van der Waals surface area contributed by atoms with Crippen LogP contribution in [0.4, 0.5) is 5.82 Å². The lowest BCUT2D eigenvalue weighted by molar-refractivity contribution is 0.411. The molecule has 18 heavy (non-hydrogen) atoms. The minimum atomic E-state index is 0.0605. The van der Waals surface area contributed by atoms with Gasteiger partial charge in [0.1, 0.15) is 11.6 Å². The van der Waals surface area contributed by atoms with Gasteiger partial charge in [-0.15, -0.1) is 0 Å². The third-order valence-corrected chi connectivity index (χ3v) is 3.75. The monoisotopic (exact) mass is 249 g/mol. The highest BCUT2D eigenvalue weighted by Gasteiger charge is 2.30. The summed E-state index contributed by atoms with van der Waals surface area (Å²) in [4.78, 5) is 4.89. The second kappa shape index (κ2) is 4.60. The molecule has 0 amide bonds. The van der Waals surface area contributed by atoms with Gasteiger partial charge >= 0.3 is 0 Å². The number of nitrogen functional groups attached to an aromatic ring is 1. The van der Waals surface area contributed by atoms with E-state index < -0.39 is 0 Å². The van der Waals surface area contributed by atoms with Crippen molar-refractivity contribution in [2.75, 3.05) is 5.73 Å². The molecule has 1 aromatic rings. The molecule has 2 rings (SSSR count). The lowest BCUT2D eigenvalue weighted by atomic mass is 9.83. The minimum absolute atomic E-state index is 0.0605. The molecule has 0 atom stereocenters. The van der Waals surface area contributed by atoms with E-state index in [1.165, 1.54) is 19.3 Å². The number of nitrogens with zero attached hydrogens (tertiary/aromatic N) is 2. The summed E-state index contributed by atoms with van der Waals surface area (Å²) in [6.45, 7) is 12.1. The van der Waals surface area contributed by atoms with Crippen LogP contribution in [0.25, 0.3) is 0 Å². The molecule has 102 valence electrons. The molecule has 1 saturated carbocycles. The molecule has 1 heterocycles. The van der Waals surface area contributed by atoms with Crippen molar-refractivity contribution in [2.45, 2.75) is 71.8 Å². The maximum absolute atomic E-state index is 6.36. The van der Waals surface area contributed by atoms with Crippen LogP contribution in [0.3, 0.4) is 0 Å². The maximum Gasteiger partial charge on any atom is 0.127 e. The van der Waals surface area contributed by atoms with Gasteiger partial charge in [-0.1, -0.05) is 41.0 Å². The average molecular weight is 249 g/mol. The third kappa shape index (κ3) is 2.40. The zero-order valence-electron chi connectivity index (χ0n) is 12.5. The normalized spacial score (nSPS) is 17.2. The van der Waals surface area contributed by atoms with Crippen LogP contribution in [0.2, 0.25) is 0 Å². The van der Waals surface area contributed by atoms with Gasteiger partial charge in [0.2, 0.25) is 0 Å². The van der Waals surface area contributed by atoms with Crippen molar-refractivity contribution in [3.8, 4) is 0 Å². The van der Waals surface area contributed by atoms with Gasteiger partial charge in [0.15, 0.2) is 0 Å². The smallest absolute Gasteiger partial charge is 0.127 e. The predicted molar refractivity (Wildman–Crippen MR) is 76.8 cm³/mol. The molecule has 0 spiro atoms. The van der Waals surface area contributed by atoms with E-state index in [2.05, 4.69) is 39.2 Å². The highest BCUT2D eigenvalue weighted by atomic mass is 15.2. The zero-order valence-corrected chi connectivity index (χ0v) is 12.5. The number of hydrogen-bond acceptors (Lipinski definition) is 2. The first-order valence-corrected chi connectivity index (χ1v) is 7.17. The number of anilines is 1. The molecule has 1 aliphatic carbocycles. The summed E-state index contributed by atoms with van der Waals surface area (Å²) >= 11 is 0. The molecule has 3 nitrogen and oxygen atoms in total. The van der Waals surface area contributed by atoms with Crippen LogP contribution in [-0.2, 0) is 12.0 Å². The Morgan fingerprint density at radius 2 is 1.94 bits per heavy atom. The Morgan fingerprint density at radius 1 is 1.33 bits per heavy atom. The maximum atomic E-state index is 6.36. The van der Waals surface area contributed by atoms with Crippen LogP contribution in [0.15, 0.2) is 0 Å². The molecule has 1 aliphatic rings. The Labute approximate surface area is 111 Å². The van der Waals surface area contributed by atoms with Crippen LogP contribution in [0.5, 0.6) is 0 Å². The highest BCUT2D eigenvalue weighted by Crippen LogP contribution is 2.40. The average Bonchev–Trinajstić information content (AvgIpc) is 2.42. The number of rotatable bonds is 3. The van der Waals surface area contributed by atoms with E-state index in [4.69, 9.17) is 10.7 Å². The summed E-state index contributed by atoms with van der Waals surface area (Å²) in [5.41, 5.74) is 7.58. The van der Waals surface area contributed by atoms with Crippen LogP contribution in [0.1, 0.15) is 71.3 Å². The summed E-state index contributed by atoms with van der Waals surface area (Å²) in [5, 5.41) is 0. The quantitative estimate of drug-likeness (QED) is 0.888. The molecule has 2 N–H and O–H groups in total. The summed E-state index contributed by atoms with van der Waals surface area (Å²) in [7, 11) is 0. The fraction of sp³-hybridized carbons (Fsp3) is 0.800. The number of hydrogen-bond donors (Lipinski definition) is 1. The number of aromatic nitrogens is 2. The van der Waals surface area contributed by atoms with Gasteiger partial charge < -0.3 is 10.3 Å². The molecular formula is C15H27N3. The SMILES string of the molecule is CC(C)Cn1c(C(C)(C)C)nc(C2CCC2)c1N. The largest absolute Gasteiger partial charge is 0.384 e. The van der Waals surface area contributed by atoms with Crippen molar-refractivity contribution >= 4 is 5.82 Å². The minimum Gasteiger partial charge on any atom is -0.384 e. The molecule has 0 unspecified atom stereocenters. The van der Waals surface area contributed by atoms with E-state index in [1.54, 1.807) is 0 Å². The van der Waals surface area contributed by atoms with E-state index >= 15 is 0 Å². The Hall–Kier alpha value is -0.990. The number of nitrogens with two attached hydrogens (primary N) is 1. The Morgan fingerprint density at radius 3 is 2.33 bits per heavy atom. The second-order valence-corrected chi connectivity index (χ2v) is 7.09. The summed E-state index contributed by atoms with van der Waals surface area (Å²) < 4.78 is 2.25.